The van der Waals surface area contributed by atoms with E-state index >= 15 is 0 Å². The summed E-state index contributed by atoms with van der Waals surface area (Å²) in [5.41, 5.74) is 0. The molecule has 2 N–H and O–H groups in total. The predicted octanol–water partition coefficient (Wildman–Crippen LogP) is 3.57. The standard InChI is InChI=1S/C19H29N3O3/c1-13-12-17(22-25-13)21-19(24)15-10-8-14(9-11-15)18(23)20-16-6-4-2-3-5-7-16/h12,14-16H,2-11H2,1H3,(H,20,23)(H,21,22,24). The second-order valence-electron chi connectivity index (χ2n) is 7.56. The quantitative estimate of drug-likeness (QED) is 0.816. The van der Waals surface area contributed by atoms with Gasteiger partial charge in [0.1, 0.15) is 5.76 Å². The van der Waals surface area contributed by atoms with Gasteiger partial charge in [0.15, 0.2) is 5.82 Å². The van der Waals surface area contributed by atoms with Gasteiger partial charge >= 0.3 is 0 Å². The van der Waals surface area contributed by atoms with E-state index in [1.807, 2.05) is 0 Å². The summed E-state index contributed by atoms with van der Waals surface area (Å²) in [4.78, 5) is 24.8. The molecule has 0 atom stereocenters. The summed E-state index contributed by atoms with van der Waals surface area (Å²) in [7, 11) is 0. The van der Waals surface area contributed by atoms with Crippen LogP contribution in [0.2, 0.25) is 0 Å². The smallest absolute Gasteiger partial charge is 0.228 e. The van der Waals surface area contributed by atoms with Gasteiger partial charge in [-0.1, -0.05) is 30.8 Å². The van der Waals surface area contributed by atoms with Crippen LogP contribution in [-0.4, -0.2) is 23.0 Å². The molecule has 138 valence electrons. The van der Waals surface area contributed by atoms with E-state index < -0.39 is 0 Å². The summed E-state index contributed by atoms with van der Waals surface area (Å²) in [6.07, 6.45) is 10.3. The molecule has 2 fully saturated rings. The van der Waals surface area contributed by atoms with E-state index in [9.17, 15) is 9.59 Å². The van der Waals surface area contributed by atoms with Crippen molar-refractivity contribution in [1.82, 2.24) is 10.5 Å². The second kappa shape index (κ2) is 8.50. The largest absolute Gasteiger partial charge is 0.360 e. The molecule has 2 aliphatic carbocycles. The van der Waals surface area contributed by atoms with E-state index in [0.717, 1.165) is 38.5 Å². The number of nitrogens with zero attached hydrogens (tertiary/aromatic N) is 1. The molecule has 2 saturated carbocycles. The van der Waals surface area contributed by atoms with Crippen LogP contribution in [0.25, 0.3) is 0 Å². The van der Waals surface area contributed by atoms with Crippen LogP contribution in [0, 0.1) is 18.8 Å². The number of aromatic nitrogens is 1. The number of anilines is 1. The van der Waals surface area contributed by atoms with Crippen LogP contribution in [0.1, 0.15) is 70.0 Å². The Hall–Kier alpha value is -1.85. The number of amides is 2. The molecule has 0 aromatic carbocycles. The lowest BCUT2D eigenvalue weighted by Crippen LogP contribution is -2.40. The zero-order chi connectivity index (χ0) is 17.6. The minimum atomic E-state index is -0.0427. The van der Waals surface area contributed by atoms with Crippen molar-refractivity contribution in [2.45, 2.75) is 77.2 Å². The van der Waals surface area contributed by atoms with Crippen molar-refractivity contribution in [3.63, 3.8) is 0 Å². The molecule has 0 spiro atoms. The molecule has 0 saturated heterocycles. The van der Waals surface area contributed by atoms with Gasteiger partial charge in [0.25, 0.3) is 0 Å². The predicted molar refractivity (Wildman–Crippen MR) is 95.0 cm³/mol. The molecule has 6 heteroatoms. The number of rotatable bonds is 4. The van der Waals surface area contributed by atoms with Crippen LogP contribution in [-0.2, 0) is 9.59 Å². The zero-order valence-corrected chi connectivity index (χ0v) is 15.1. The van der Waals surface area contributed by atoms with Gasteiger partial charge in [-0.3, -0.25) is 9.59 Å². The minimum absolute atomic E-state index is 0.0177. The fourth-order valence-corrected chi connectivity index (χ4v) is 4.01. The first-order chi connectivity index (χ1) is 12.1. The van der Waals surface area contributed by atoms with Crippen molar-refractivity contribution >= 4 is 17.6 Å². The lowest BCUT2D eigenvalue weighted by Gasteiger charge is -2.28. The number of carbonyl (C=O) groups excluding carboxylic acids is 2. The molecular weight excluding hydrogens is 318 g/mol. The highest BCUT2D eigenvalue weighted by Crippen LogP contribution is 2.30. The second-order valence-corrected chi connectivity index (χ2v) is 7.56. The summed E-state index contributed by atoms with van der Waals surface area (Å²) in [5.74, 6) is 1.33. The molecule has 6 nitrogen and oxygen atoms in total. The molecule has 2 amide bonds. The average molecular weight is 347 g/mol. The third-order valence-corrected chi connectivity index (χ3v) is 5.55. The number of carbonyl (C=O) groups is 2. The van der Waals surface area contributed by atoms with Crippen LogP contribution < -0.4 is 10.6 Å². The SMILES string of the molecule is Cc1cc(NC(=O)C2CCC(C(=O)NC3CCCCCC3)CC2)no1. The maximum Gasteiger partial charge on any atom is 0.228 e. The maximum absolute atomic E-state index is 12.5. The summed E-state index contributed by atoms with van der Waals surface area (Å²) in [5, 5.41) is 9.85. The summed E-state index contributed by atoms with van der Waals surface area (Å²) < 4.78 is 4.96. The lowest BCUT2D eigenvalue weighted by atomic mass is 9.81. The van der Waals surface area contributed by atoms with Crippen LogP contribution >= 0.6 is 0 Å². The van der Waals surface area contributed by atoms with Gasteiger partial charge in [0, 0.05) is 23.9 Å². The van der Waals surface area contributed by atoms with Crippen LogP contribution in [0.15, 0.2) is 10.6 Å². The Bertz CT molecular complexity index is 582. The van der Waals surface area contributed by atoms with E-state index in [4.69, 9.17) is 4.52 Å². The summed E-state index contributed by atoms with van der Waals surface area (Å²) in [6, 6.07) is 2.07. The van der Waals surface area contributed by atoms with Crippen LogP contribution in [0.4, 0.5) is 5.82 Å². The van der Waals surface area contributed by atoms with Crippen molar-refractivity contribution in [2.24, 2.45) is 11.8 Å². The Balaban J connectivity index is 1.42. The molecule has 0 unspecified atom stereocenters. The zero-order valence-electron chi connectivity index (χ0n) is 15.1. The minimum Gasteiger partial charge on any atom is -0.360 e. The Morgan fingerprint density at radius 3 is 2.12 bits per heavy atom. The number of hydrogen-bond donors (Lipinski definition) is 2. The monoisotopic (exact) mass is 347 g/mol. The average Bonchev–Trinajstić information content (AvgIpc) is 2.85. The molecule has 3 rings (SSSR count). The van der Waals surface area contributed by atoms with E-state index in [-0.39, 0.29) is 23.7 Å². The van der Waals surface area contributed by atoms with Gasteiger partial charge in [-0.15, -0.1) is 0 Å². The topological polar surface area (TPSA) is 84.2 Å². The van der Waals surface area contributed by atoms with E-state index in [1.165, 1.54) is 25.7 Å². The van der Waals surface area contributed by atoms with Gasteiger partial charge < -0.3 is 15.2 Å². The van der Waals surface area contributed by atoms with Crippen molar-refractivity contribution < 1.29 is 14.1 Å². The van der Waals surface area contributed by atoms with Crippen LogP contribution in [0.3, 0.4) is 0 Å². The Morgan fingerprint density at radius 1 is 0.960 bits per heavy atom. The van der Waals surface area contributed by atoms with E-state index in [1.54, 1.807) is 13.0 Å². The van der Waals surface area contributed by atoms with Gasteiger partial charge in [0.05, 0.1) is 0 Å². The molecular formula is C19H29N3O3. The van der Waals surface area contributed by atoms with Gasteiger partial charge in [-0.25, -0.2) is 0 Å². The first kappa shape index (κ1) is 18.0. The normalized spacial score (nSPS) is 25.2. The Kier molecular flexibility index (Phi) is 6.10. The van der Waals surface area contributed by atoms with Crippen molar-refractivity contribution in [1.29, 1.82) is 0 Å². The Morgan fingerprint density at radius 2 is 1.56 bits per heavy atom. The molecule has 0 radical (unpaired) electrons. The highest BCUT2D eigenvalue weighted by molar-refractivity contribution is 5.91. The fraction of sp³-hybridized carbons (Fsp3) is 0.737. The van der Waals surface area contributed by atoms with Gasteiger partial charge in [-0.05, 0) is 45.4 Å². The molecule has 1 aromatic heterocycles. The molecule has 0 bridgehead atoms. The number of hydrogen-bond acceptors (Lipinski definition) is 4. The summed E-state index contributed by atoms with van der Waals surface area (Å²) in [6.45, 7) is 1.79. The third kappa shape index (κ3) is 5.06. The van der Waals surface area contributed by atoms with Crippen molar-refractivity contribution in [3.05, 3.63) is 11.8 Å². The van der Waals surface area contributed by atoms with Crippen molar-refractivity contribution in [3.8, 4) is 0 Å². The number of nitrogens with one attached hydrogen (secondary N) is 2. The first-order valence-electron chi connectivity index (χ1n) is 9.66. The summed E-state index contributed by atoms with van der Waals surface area (Å²) >= 11 is 0. The Labute approximate surface area is 149 Å². The first-order valence-corrected chi connectivity index (χ1v) is 9.66. The third-order valence-electron chi connectivity index (χ3n) is 5.55. The molecule has 1 heterocycles. The maximum atomic E-state index is 12.5. The molecule has 1 aromatic rings. The van der Waals surface area contributed by atoms with Crippen LogP contribution in [0.5, 0.6) is 0 Å². The number of aryl methyl sites for hydroxylation is 1. The van der Waals surface area contributed by atoms with Gasteiger partial charge in [-0.2, -0.15) is 0 Å². The van der Waals surface area contributed by atoms with Crippen molar-refractivity contribution in [2.75, 3.05) is 5.32 Å². The highest BCUT2D eigenvalue weighted by Gasteiger charge is 2.31. The van der Waals surface area contributed by atoms with E-state index in [0.29, 0.717) is 17.6 Å². The highest BCUT2D eigenvalue weighted by atomic mass is 16.5. The molecule has 2 aliphatic rings. The molecule has 0 aliphatic heterocycles. The van der Waals surface area contributed by atoms with E-state index in [2.05, 4.69) is 15.8 Å². The molecule has 25 heavy (non-hydrogen) atoms. The lowest BCUT2D eigenvalue weighted by molar-refractivity contribution is -0.129. The fourth-order valence-electron chi connectivity index (χ4n) is 4.01. The van der Waals surface area contributed by atoms with Gasteiger partial charge in [0.2, 0.25) is 11.8 Å².